The summed E-state index contributed by atoms with van der Waals surface area (Å²) in [7, 11) is 0. The number of aromatic carboxylic acids is 1. The van der Waals surface area contributed by atoms with Crippen molar-refractivity contribution in [1.82, 2.24) is 5.32 Å². The lowest BCUT2D eigenvalue weighted by Gasteiger charge is -2.27. The first-order valence-corrected chi connectivity index (χ1v) is 12.7. The van der Waals surface area contributed by atoms with Gasteiger partial charge in [-0.25, -0.2) is 4.79 Å². The second-order valence-corrected chi connectivity index (χ2v) is 9.77. The van der Waals surface area contributed by atoms with Crippen LogP contribution < -0.4 is 10.1 Å². The Morgan fingerprint density at radius 3 is 2.59 bits per heavy atom. The number of aliphatic hydroxyl groups excluding tert-OH is 1. The molecule has 6 heteroatoms. The summed E-state index contributed by atoms with van der Waals surface area (Å²) in [4.78, 5) is 11.5. The molecule has 5 rings (SSSR count). The Morgan fingerprint density at radius 2 is 1.76 bits per heavy atom. The monoisotopic (exact) mass is 513 g/mol. The van der Waals surface area contributed by atoms with Crippen LogP contribution in [0.2, 0.25) is 5.02 Å². The van der Waals surface area contributed by atoms with Gasteiger partial charge in [-0.1, -0.05) is 66.2 Å². The van der Waals surface area contributed by atoms with Crippen molar-refractivity contribution in [2.75, 3.05) is 6.54 Å². The third kappa shape index (κ3) is 6.03. The minimum Gasteiger partial charge on any atom is -0.478 e. The van der Waals surface area contributed by atoms with E-state index in [0.717, 1.165) is 36.0 Å². The highest BCUT2D eigenvalue weighted by atomic mass is 35.5. The maximum Gasteiger partial charge on any atom is 0.339 e. The summed E-state index contributed by atoms with van der Waals surface area (Å²) in [6, 6.07) is 28.5. The van der Waals surface area contributed by atoms with Crippen LogP contribution >= 0.6 is 11.6 Å². The normalized spacial score (nSPS) is 15.6. The van der Waals surface area contributed by atoms with Crippen LogP contribution in [0.4, 0.5) is 0 Å². The summed E-state index contributed by atoms with van der Waals surface area (Å²) in [5.41, 5.74) is 5.66. The molecule has 0 fully saturated rings. The Hall–Kier alpha value is -3.64. The molecule has 2 atom stereocenters. The predicted octanol–water partition coefficient (Wildman–Crippen LogP) is 6.68. The summed E-state index contributed by atoms with van der Waals surface area (Å²) in [6.07, 6.45) is 2.27. The molecule has 4 aromatic carbocycles. The number of fused-ring (bicyclic) bond motifs is 1. The van der Waals surface area contributed by atoms with Crippen molar-refractivity contribution < 1.29 is 19.7 Å². The number of halogens is 1. The zero-order valence-corrected chi connectivity index (χ0v) is 21.0. The van der Waals surface area contributed by atoms with Crippen LogP contribution in [-0.2, 0) is 12.8 Å². The molecule has 3 N–H and O–H groups in total. The van der Waals surface area contributed by atoms with Gasteiger partial charge < -0.3 is 20.3 Å². The topological polar surface area (TPSA) is 78.8 Å². The van der Waals surface area contributed by atoms with E-state index in [9.17, 15) is 15.0 Å². The van der Waals surface area contributed by atoms with Gasteiger partial charge in [-0.05, 0) is 83.5 Å². The van der Waals surface area contributed by atoms with Crippen molar-refractivity contribution in [2.45, 2.75) is 31.4 Å². The number of nitrogens with one attached hydrogen (secondary N) is 1. The summed E-state index contributed by atoms with van der Waals surface area (Å²) in [6.45, 7) is 0.469. The van der Waals surface area contributed by atoms with Gasteiger partial charge in [0.2, 0.25) is 0 Å². The molecule has 37 heavy (non-hydrogen) atoms. The fourth-order valence-corrected chi connectivity index (χ4v) is 5.02. The van der Waals surface area contributed by atoms with Crippen LogP contribution in [0.5, 0.6) is 11.5 Å². The Bertz CT molecular complexity index is 1420. The van der Waals surface area contributed by atoms with Crippen LogP contribution in [0.25, 0.3) is 11.1 Å². The van der Waals surface area contributed by atoms with E-state index in [4.69, 9.17) is 16.3 Å². The molecular formula is C31H28ClNO4. The molecule has 188 valence electrons. The molecule has 0 saturated heterocycles. The number of aliphatic hydroxyl groups is 1. The molecule has 0 aromatic heterocycles. The van der Waals surface area contributed by atoms with Crippen LogP contribution in [0, 0.1) is 0 Å². The smallest absolute Gasteiger partial charge is 0.339 e. The van der Waals surface area contributed by atoms with Gasteiger partial charge in [0, 0.05) is 17.6 Å². The van der Waals surface area contributed by atoms with Gasteiger partial charge in [0.15, 0.2) is 0 Å². The first-order chi connectivity index (χ1) is 18.0. The zero-order valence-electron chi connectivity index (χ0n) is 20.2. The van der Waals surface area contributed by atoms with Crippen molar-refractivity contribution in [2.24, 2.45) is 0 Å². The van der Waals surface area contributed by atoms with E-state index < -0.39 is 12.1 Å². The number of hydrogen-bond acceptors (Lipinski definition) is 4. The molecule has 5 nitrogen and oxygen atoms in total. The Balaban J connectivity index is 1.28. The van der Waals surface area contributed by atoms with Gasteiger partial charge in [-0.15, -0.1) is 0 Å². The van der Waals surface area contributed by atoms with E-state index in [1.165, 1.54) is 17.2 Å². The number of ether oxygens (including phenoxy) is 1. The van der Waals surface area contributed by atoms with E-state index in [1.54, 1.807) is 30.3 Å². The molecule has 0 unspecified atom stereocenters. The largest absolute Gasteiger partial charge is 0.478 e. The quantitative estimate of drug-likeness (QED) is 0.245. The zero-order chi connectivity index (χ0) is 25.8. The van der Waals surface area contributed by atoms with Gasteiger partial charge in [0.05, 0.1) is 6.10 Å². The van der Waals surface area contributed by atoms with Crippen LogP contribution in [0.1, 0.15) is 39.6 Å². The van der Waals surface area contributed by atoms with Crippen molar-refractivity contribution >= 4 is 17.6 Å². The number of carboxylic acid groups (broad SMARTS) is 1. The van der Waals surface area contributed by atoms with Gasteiger partial charge in [0.1, 0.15) is 17.1 Å². The number of carbonyl (C=O) groups is 1. The maximum atomic E-state index is 11.5. The minimum atomic E-state index is -1.02. The fourth-order valence-electron chi connectivity index (χ4n) is 4.82. The molecule has 0 heterocycles. The highest BCUT2D eigenvalue weighted by Gasteiger charge is 2.20. The van der Waals surface area contributed by atoms with Crippen molar-refractivity contribution in [1.29, 1.82) is 0 Å². The van der Waals surface area contributed by atoms with E-state index in [2.05, 4.69) is 23.5 Å². The summed E-state index contributed by atoms with van der Waals surface area (Å²) in [5, 5.41) is 24.2. The summed E-state index contributed by atoms with van der Waals surface area (Å²) in [5.74, 6) is -0.130. The lowest BCUT2D eigenvalue weighted by atomic mass is 9.86. The Morgan fingerprint density at radius 1 is 0.946 bits per heavy atom. The van der Waals surface area contributed by atoms with Crippen molar-refractivity contribution in [3.63, 3.8) is 0 Å². The highest BCUT2D eigenvalue weighted by Crippen LogP contribution is 2.32. The SMILES string of the molecule is O=C(O)c1ccccc1Oc1cccc(-c2ccc3c(c2)C[C@@H](NC[C@@H](O)c2cccc(Cl)c2)CC3)c1. The first kappa shape index (κ1) is 25.0. The average Bonchev–Trinajstić information content (AvgIpc) is 2.91. The van der Waals surface area contributed by atoms with E-state index >= 15 is 0 Å². The van der Waals surface area contributed by atoms with Crippen molar-refractivity contribution in [3.05, 3.63) is 118 Å². The van der Waals surface area contributed by atoms with Crippen LogP contribution in [0.15, 0.2) is 91.0 Å². The van der Waals surface area contributed by atoms with Gasteiger partial charge in [-0.3, -0.25) is 0 Å². The number of rotatable bonds is 8. The molecule has 0 bridgehead atoms. The molecule has 0 aliphatic heterocycles. The first-order valence-electron chi connectivity index (χ1n) is 12.4. The molecule has 0 spiro atoms. The number of hydrogen-bond donors (Lipinski definition) is 3. The number of benzene rings is 4. The van der Waals surface area contributed by atoms with Crippen LogP contribution in [-0.4, -0.2) is 28.8 Å². The lowest BCUT2D eigenvalue weighted by Crippen LogP contribution is -2.37. The van der Waals surface area contributed by atoms with Crippen LogP contribution in [0.3, 0.4) is 0 Å². The summed E-state index contributed by atoms with van der Waals surface area (Å²) >= 11 is 6.07. The number of aryl methyl sites for hydroxylation is 1. The lowest BCUT2D eigenvalue weighted by molar-refractivity contribution is 0.0694. The van der Waals surface area contributed by atoms with Crippen molar-refractivity contribution in [3.8, 4) is 22.6 Å². The standard InChI is InChI=1S/C31H28ClNO4/c32-25-7-3-6-23(16-25)29(34)19-33-26-14-13-20-11-12-22(15-24(20)17-26)21-5-4-8-27(18-21)37-30-10-2-1-9-28(30)31(35)36/h1-12,15-16,18,26,29,33-34H,13-14,17,19H2,(H,35,36)/t26-,29+/m0/s1. The Kier molecular flexibility index (Phi) is 7.56. The van der Waals surface area contributed by atoms with E-state index in [1.807, 2.05) is 36.4 Å². The van der Waals surface area contributed by atoms with E-state index in [0.29, 0.717) is 23.1 Å². The molecule has 1 aliphatic carbocycles. The molecule has 1 aliphatic rings. The highest BCUT2D eigenvalue weighted by molar-refractivity contribution is 6.30. The molecular weight excluding hydrogens is 486 g/mol. The third-order valence-electron chi connectivity index (χ3n) is 6.78. The van der Waals surface area contributed by atoms with Gasteiger partial charge >= 0.3 is 5.97 Å². The van der Waals surface area contributed by atoms with E-state index in [-0.39, 0.29) is 11.6 Å². The summed E-state index contributed by atoms with van der Waals surface area (Å²) < 4.78 is 5.94. The second kappa shape index (κ2) is 11.2. The molecule has 4 aromatic rings. The second-order valence-electron chi connectivity index (χ2n) is 9.33. The number of para-hydroxylation sites is 1. The van der Waals surface area contributed by atoms with Gasteiger partial charge in [0.25, 0.3) is 0 Å². The Labute approximate surface area is 221 Å². The molecule has 0 amide bonds. The molecule has 0 radical (unpaired) electrons. The van der Waals surface area contributed by atoms with Gasteiger partial charge in [-0.2, -0.15) is 0 Å². The molecule has 0 saturated carbocycles. The number of carboxylic acids is 1. The fraction of sp³-hybridized carbons (Fsp3) is 0.194. The third-order valence-corrected chi connectivity index (χ3v) is 7.02. The maximum absolute atomic E-state index is 11.5. The predicted molar refractivity (Wildman–Crippen MR) is 146 cm³/mol. The minimum absolute atomic E-state index is 0.126. The average molecular weight is 514 g/mol.